The molecule has 0 amide bonds. The number of hydrogen-bond acceptors (Lipinski definition) is 3. The SMILES string of the molecule is CCc1nnc(C)cc1C(N)c1ccc(C)cc1C. The third kappa shape index (κ3) is 2.82. The minimum atomic E-state index is -0.134. The molecule has 1 aromatic carbocycles. The van der Waals surface area contributed by atoms with Gasteiger partial charge in [-0.15, -0.1) is 0 Å². The third-order valence-corrected chi connectivity index (χ3v) is 3.46. The number of hydrogen-bond donors (Lipinski definition) is 1. The summed E-state index contributed by atoms with van der Waals surface area (Å²) in [5.41, 5.74) is 13.1. The van der Waals surface area contributed by atoms with Crippen molar-refractivity contribution in [2.24, 2.45) is 5.73 Å². The van der Waals surface area contributed by atoms with Gasteiger partial charge in [0.05, 0.1) is 17.4 Å². The van der Waals surface area contributed by atoms with Crippen LogP contribution in [-0.4, -0.2) is 10.2 Å². The summed E-state index contributed by atoms with van der Waals surface area (Å²) in [5.74, 6) is 0. The highest BCUT2D eigenvalue weighted by Gasteiger charge is 2.16. The average molecular weight is 255 g/mol. The lowest BCUT2D eigenvalue weighted by Gasteiger charge is -2.18. The molecule has 0 aliphatic carbocycles. The normalized spacial score (nSPS) is 12.5. The fourth-order valence-electron chi connectivity index (χ4n) is 2.42. The fourth-order valence-corrected chi connectivity index (χ4v) is 2.42. The Balaban J connectivity index is 2.49. The molecule has 2 aromatic rings. The number of aromatic nitrogens is 2. The average Bonchev–Trinajstić information content (AvgIpc) is 2.38. The van der Waals surface area contributed by atoms with E-state index in [4.69, 9.17) is 5.73 Å². The summed E-state index contributed by atoms with van der Waals surface area (Å²) in [7, 11) is 0. The fraction of sp³-hybridized carbons (Fsp3) is 0.375. The molecule has 3 heteroatoms. The van der Waals surface area contributed by atoms with Gasteiger partial charge in [-0.05, 0) is 49.9 Å². The first kappa shape index (κ1) is 13.7. The van der Waals surface area contributed by atoms with Gasteiger partial charge >= 0.3 is 0 Å². The molecule has 19 heavy (non-hydrogen) atoms. The van der Waals surface area contributed by atoms with E-state index in [2.05, 4.69) is 55.2 Å². The second-order valence-corrected chi connectivity index (χ2v) is 5.08. The highest BCUT2D eigenvalue weighted by atomic mass is 15.1. The molecule has 0 saturated heterocycles. The van der Waals surface area contributed by atoms with E-state index in [1.54, 1.807) is 0 Å². The maximum atomic E-state index is 6.44. The van der Waals surface area contributed by atoms with Crippen LogP contribution in [0, 0.1) is 20.8 Å². The van der Waals surface area contributed by atoms with Crippen molar-refractivity contribution in [3.8, 4) is 0 Å². The van der Waals surface area contributed by atoms with E-state index in [9.17, 15) is 0 Å². The Morgan fingerprint density at radius 3 is 2.42 bits per heavy atom. The third-order valence-electron chi connectivity index (χ3n) is 3.46. The van der Waals surface area contributed by atoms with Crippen LogP contribution in [0.2, 0.25) is 0 Å². The van der Waals surface area contributed by atoms with E-state index in [-0.39, 0.29) is 6.04 Å². The first-order valence-corrected chi connectivity index (χ1v) is 6.68. The van der Waals surface area contributed by atoms with Crippen LogP contribution in [0.5, 0.6) is 0 Å². The van der Waals surface area contributed by atoms with Crippen LogP contribution in [0.4, 0.5) is 0 Å². The lowest BCUT2D eigenvalue weighted by molar-refractivity contribution is 0.785. The molecule has 100 valence electrons. The molecule has 0 fully saturated rings. The molecule has 2 N–H and O–H groups in total. The van der Waals surface area contributed by atoms with Gasteiger partial charge in [0.2, 0.25) is 0 Å². The van der Waals surface area contributed by atoms with Crippen LogP contribution in [0.3, 0.4) is 0 Å². The first-order chi connectivity index (χ1) is 9.02. The van der Waals surface area contributed by atoms with Gasteiger partial charge in [0.25, 0.3) is 0 Å². The Morgan fingerprint density at radius 1 is 1.05 bits per heavy atom. The minimum Gasteiger partial charge on any atom is -0.320 e. The largest absolute Gasteiger partial charge is 0.320 e. The van der Waals surface area contributed by atoms with Gasteiger partial charge in [-0.25, -0.2) is 0 Å². The summed E-state index contributed by atoms with van der Waals surface area (Å²) in [5, 5.41) is 8.38. The van der Waals surface area contributed by atoms with E-state index < -0.39 is 0 Å². The standard InChI is InChI=1S/C16H21N3/c1-5-15-14(9-12(4)18-19-15)16(17)13-7-6-10(2)8-11(13)3/h6-9,16H,5,17H2,1-4H3. The van der Waals surface area contributed by atoms with Crippen LogP contribution in [0.25, 0.3) is 0 Å². The zero-order valence-electron chi connectivity index (χ0n) is 12.1. The van der Waals surface area contributed by atoms with E-state index in [1.807, 2.05) is 6.92 Å². The Kier molecular flexibility index (Phi) is 3.96. The van der Waals surface area contributed by atoms with Gasteiger partial charge in [0, 0.05) is 0 Å². The molecule has 1 heterocycles. The highest BCUT2D eigenvalue weighted by molar-refractivity contribution is 5.40. The molecule has 0 aliphatic rings. The molecule has 0 spiro atoms. The Labute approximate surface area is 114 Å². The number of nitrogens with two attached hydrogens (primary N) is 1. The summed E-state index contributed by atoms with van der Waals surface area (Å²) in [6.07, 6.45) is 0.848. The number of aryl methyl sites for hydroxylation is 4. The van der Waals surface area contributed by atoms with Crippen molar-refractivity contribution in [2.45, 2.75) is 40.2 Å². The van der Waals surface area contributed by atoms with Crippen molar-refractivity contribution in [3.63, 3.8) is 0 Å². The van der Waals surface area contributed by atoms with E-state index in [1.165, 1.54) is 11.1 Å². The van der Waals surface area contributed by atoms with Gasteiger partial charge in [-0.3, -0.25) is 0 Å². The summed E-state index contributed by atoms with van der Waals surface area (Å²) in [6, 6.07) is 8.31. The van der Waals surface area contributed by atoms with Crippen molar-refractivity contribution >= 4 is 0 Å². The minimum absolute atomic E-state index is 0.134. The van der Waals surface area contributed by atoms with Crippen molar-refractivity contribution in [2.75, 3.05) is 0 Å². The molecule has 0 saturated carbocycles. The van der Waals surface area contributed by atoms with Crippen molar-refractivity contribution < 1.29 is 0 Å². The van der Waals surface area contributed by atoms with Gasteiger partial charge in [0.1, 0.15) is 0 Å². The van der Waals surface area contributed by atoms with Crippen molar-refractivity contribution in [3.05, 3.63) is 57.9 Å². The van der Waals surface area contributed by atoms with Gasteiger partial charge in [0.15, 0.2) is 0 Å². The first-order valence-electron chi connectivity index (χ1n) is 6.68. The van der Waals surface area contributed by atoms with Crippen LogP contribution < -0.4 is 5.73 Å². The number of benzene rings is 1. The molecule has 2 rings (SSSR count). The molecular formula is C16H21N3. The molecule has 1 atom stereocenters. The smallest absolute Gasteiger partial charge is 0.0679 e. The zero-order valence-corrected chi connectivity index (χ0v) is 12.1. The van der Waals surface area contributed by atoms with E-state index in [0.29, 0.717) is 0 Å². The van der Waals surface area contributed by atoms with Gasteiger partial charge < -0.3 is 5.73 Å². The summed E-state index contributed by atoms with van der Waals surface area (Å²) >= 11 is 0. The number of rotatable bonds is 3. The molecule has 0 radical (unpaired) electrons. The van der Waals surface area contributed by atoms with Crippen LogP contribution >= 0.6 is 0 Å². The molecule has 1 aromatic heterocycles. The van der Waals surface area contributed by atoms with E-state index >= 15 is 0 Å². The number of nitrogens with zero attached hydrogens (tertiary/aromatic N) is 2. The Bertz CT molecular complexity index is 591. The maximum absolute atomic E-state index is 6.44. The van der Waals surface area contributed by atoms with Crippen LogP contribution in [-0.2, 0) is 6.42 Å². The van der Waals surface area contributed by atoms with Crippen LogP contribution in [0.1, 0.15) is 46.6 Å². The molecule has 0 aliphatic heterocycles. The zero-order chi connectivity index (χ0) is 14.0. The Morgan fingerprint density at radius 2 is 1.79 bits per heavy atom. The quantitative estimate of drug-likeness (QED) is 0.917. The second kappa shape index (κ2) is 5.49. The highest BCUT2D eigenvalue weighted by Crippen LogP contribution is 2.25. The lowest BCUT2D eigenvalue weighted by atomic mass is 9.93. The van der Waals surface area contributed by atoms with Crippen molar-refractivity contribution in [1.82, 2.24) is 10.2 Å². The maximum Gasteiger partial charge on any atom is 0.0679 e. The summed E-state index contributed by atoms with van der Waals surface area (Å²) < 4.78 is 0. The Hall–Kier alpha value is -1.74. The lowest BCUT2D eigenvalue weighted by Crippen LogP contribution is -2.17. The van der Waals surface area contributed by atoms with Crippen molar-refractivity contribution in [1.29, 1.82) is 0 Å². The second-order valence-electron chi connectivity index (χ2n) is 5.08. The predicted octanol–water partition coefficient (Wildman–Crippen LogP) is 3.01. The molecular weight excluding hydrogens is 234 g/mol. The molecule has 3 nitrogen and oxygen atoms in total. The summed E-state index contributed by atoms with van der Waals surface area (Å²) in [4.78, 5) is 0. The summed E-state index contributed by atoms with van der Waals surface area (Å²) in [6.45, 7) is 8.23. The molecule has 1 unspecified atom stereocenters. The van der Waals surface area contributed by atoms with Crippen LogP contribution in [0.15, 0.2) is 24.3 Å². The topological polar surface area (TPSA) is 51.8 Å². The monoisotopic (exact) mass is 255 g/mol. The molecule has 0 bridgehead atoms. The van der Waals surface area contributed by atoms with E-state index in [0.717, 1.165) is 28.9 Å². The van der Waals surface area contributed by atoms with Gasteiger partial charge in [-0.2, -0.15) is 10.2 Å². The predicted molar refractivity (Wildman–Crippen MR) is 78.1 cm³/mol. The van der Waals surface area contributed by atoms with Gasteiger partial charge in [-0.1, -0.05) is 30.7 Å².